The van der Waals surface area contributed by atoms with Crippen LogP contribution in [0.4, 0.5) is 20.9 Å². The van der Waals surface area contributed by atoms with E-state index in [1.807, 2.05) is 28.3 Å². The highest BCUT2D eigenvalue weighted by Gasteiger charge is 2.26. The lowest BCUT2D eigenvalue weighted by molar-refractivity contribution is 0.0714. The summed E-state index contributed by atoms with van der Waals surface area (Å²) >= 11 is 1.30. The third kappa shape index (κ3) is 4.80. The lowest BCUT2D eigenvalue weighted by Crippen LogP contribution is -2.48. The van der Waals surface area contributed by atoms with Gasteiger partial charge < -0.3 is 19.1 Å². The van der Waals surface area contributed by atoms with Gasteiger partial charge in [0.05, 0.1) is 23.2 Å². The number of hydrogen-bond donors (Lipinski definition) is 0. The molecule has 0 aliphatic carbocycles. The van der Waals surface area contributed by atoms with Gasteiger partial charge in [0.1, 0.15) is 22.5 Å². The number of pyridine rings is 1. The number of nitriles is 1. The molecule has 0 atom stereocenters. The number of furan rings is 1. The molecule has 1 aromatic carbocycles. The number of hydrogen-bond acceptors (Lipinski definition) is 8. The van der Waals surface area contributed by atoms with Gasteiger partial charge in [-0.1, -0.05) is 18.3 Å². The van der Waals surface area contributed by atoms with Crippen molar-refractivity contribution >= 4 is 39.3 Å². The molecular formula is C30H28FN7O2S. The van der Waals surface area contributed by atoms with Crippen LogP contribution >= 0.6 is 11.3 Å². The van der Waals surface area contributed by atoms with E-state index in [1.165, 1.54) is 29.7 Å². The van der Waals surface area contributed by atoms with E-state index in [2.05, 4.69) is 30.0 Å². The summed E-state index contributed by atoms with van der Waals surface area (Å²) in [6, 6.07) is 15.9. The minimum absolute atomic E-state index is 0.0891. The first kappa shape index (κ1) is 26.5. The van der Waals surface area contributed by atoms with Gasteiger partial charge in [0.15, 0.2) is 10.9 Å². The molecule has 0 bridgehead atoms. The summed E-state index contributed by atoms with van der Waals surface area (Å²) in [6.45, 7) is 6.68. The van der Waals surface area contributed by atoms with Crippen LogP contribution in [-0.4, -0.2) is 58.6 Å². The number of aryl methyl sites for hydroxylation is 2. The molecule has 1 fully saturated rings. The highest BCUT2D eigenvalue weighted by Crippen LogP contribution is 2.39. The molecule has 4 aromatic heterocycles. The molecule has 0 unspecified atom stereocenters. The Labute approximate surface area is 240 Å². The highest BCUT2D eigenvalue weighted by molar-refractivity contribution is 7.16. The number of nitrogens with zero attached hydrogens (tertiary/aromatic N) is 7. The molecule has 0 N–H and O–H groups in total. The summed E-state index contributed by atoms with van der Waals surface area (Å²) in [6.07, 6.45) is 2.23. The van der Waals surface area contributed by atoms with E-state index in [4.69, 9.17) is 14.5 Å². The minimum Gasteiger partial charge on any atom is -0.459 e. The first-order valence-corrected chi connectivity index (χ1v) is 14.2. The normalized spacial score (nSPS) is 13.5. The SMILES string of the molecule is CCc1nn2c(C)cc(N3CCN(C(=O)c4ccco4)CC3)cc2c1N(C)c1nc(-c2ccc(F)cc2)c(C#N)s1. The monoisotopic (exact) mass is 569 g/mol. The van der Waals surface area contributed by atoms with Crippen LogP contribution in [0.5, 0.6) is 0 Å². The van der Waals surface area contributed by atoms with Gasteiger partial charge in [-0.2, -0.15) is 10.4 Å². The molecule has 0 spiro atoms. The highest BCUT2D eigenvalue weighted by atomic mass is 32.1. The van der Waals surface area contributed by atoms with Crippen molar-refractivity contribution in [3.63, 3.8) is 0 Å². The standard InChI is InChI=1S/C30H28FN7O2S/c1-4-23-28(35(3)30-33-27(26(18-32)41-30)20-7-9-21(31)10-8-20)24-17-22(16-19(2)38(24)34-23)36-11-13-37(14-12-36)29(39)25-6-5-15-40-25/h5-10,15-17H,4,11-14H2,1-3H3. The summed E-state index contributed by atoms with van der Waals surface area (Å²) in [5.74, 6) is -0.0664. The number of amides is 1. The van der Waals surface area contributed by atoms with Crippen LogP contribution in [0.3, 0.4) is 0 Å². The fraction of sp³-hybridized carbons (Fsp3) is 0.267. The molecule has 0 saturated carbocycles. The van der Waals surface area contributed by atoms with Gasteiger partial charge in [-0.15, -0.1) is 0 Å². The zero-order valence-corrected chi connectivity index (χ0v) is 23.8. The molecule has 5 heterocycles. The van der Waals surface area contributed by atoms with Gasteiger partial charge in [0.25, 0.3) is 5.91 Å². The van der Waals surface area contributed by atoms with Crippen molar-refractivity contribution in [1.82, 2.24) is 19.5 Å². The lowest BCUT2D eigenvalue weighted by Gasteiger charge is -2.36. The van der Waals surface area contributed by atoms with Crippen molar-refractivity contribution in [1.29, 1.82) is 5.26 Å². The van der Waals surface area contributed by atoms with Crippen molar-refractivity contribution in [3.8, 4) is 17.3 Å². The van der Waals surface area contributed by atoms with E-state index in [-0.39, 0.29) is 11.7 Å². The first-order valence-electron chi connectivity index (χ1n) is 13.4. The summed E-state index contributed by atoms with van der Waals surface area (Å²) in [4.78, 5) is 24.1. The summed E-state index contributed by atoms with van der Waals surface area (Å²) in [7, 11) is 1.94. The maximum atomic E-state index is 13.5. The van der Waals surface area contributed by atoms with E-state index in [9.17, 15) is 14.4 Å². The van der Waals surface area contributed by atoms with E-state index in [0.717, 1.165) is 28.3 Å². The maximum Gasteiger partial charge on any atom is 0.289 e. The second-order valence-electron chi connectivity index (χ2n) is 9.91. The molecule has 9 nitrogen and oxygen atoms in total. The predicted octanol–water partition coefficient (Wildman–Crippen LogP) is 5.66. The van der Waals surface area contributed by atoms with Crippen molar-refractivity contribution < 1.29 is 13.6 Å². The van der Waals surface area contributed by atoms with Crippen LogP contribution in [0.1, 0.15) is 33.7 Å². The number of rotatable bonds is 6. The van der Waals surface area contributed by atoms with E-state index in [1.54, 1.807) is 24.3 Å². The zero-order chi connectivity index (χ0) is 28.7. The number of thiazole rings is 1. The maximum absolute atomic E-state index is 13.5. The molecule has 1 aliphatic rings. The Morgan fingerprint density at radius 1 is 1.17 bits per heavy atom. The van der Waals surface area contributed by atoms with Crippen molar-refractivity contribution in [2.75, 3.05) is 43.0 Å². The molecule has 41 heavy (non-hydrogen) atoms. The first-order chi connectivity index (χ1) is 19.9. The quantitative estimate of drug-likeness (QED) is 0.260. The number of carbonyl (C=O) groups is 1. The van der Waals surface area contributed by atoms with Gasteiger partial charge >= 0.3 is 0 Å². The molecular weight excluding hydrogens is 541 g/mol. The Hall–Kier alpha value is -4.69. The fourth-order valence-electron chi connectivity index (χ4n) is 5.26. The van der Waals surface area contributed by atoms with Crippen LogP contribution < -0.4 is 9.80 Å². The number of aromatic nitrogens is 3. The Morgan fingerprint density at radius 3 is 2.59 bits per heavy atom. The molecule has 208 valence electrons. The summed E-state index contributed by atoms with van der Waals surface area (Å²) in [5.41, 5.74) is 6.05. The number of piperazine rings is 1. The molecule has 6 rings (SSSR count). The van der Waals surface area contributed by atoms with Gasteiger partial charge in [-0.3, -0.25) is 4.79 Å². The second-order valence-corrected chi connectivity index (χ2v) is 10.9. The summed E-state index contributed by atoms with van der Waals surface area (Å²) in [5, 5.41) is 15.4. The molecule has 1 saturated heterocycles. The summed E-state index contributed by atoms with van der Waals surface area (Å²) < 4.78 is 20.8. The third-order valence-electron chi connectivity index (χ3n) is 7.40. The van der Waals surface area contributed by atoms with Crippen molar-refractivity contribution in [2.24, 2.45) is 0 Å². The Bertz CT molecular complexity index is 1760. The van der Waals surface area contributed by atoms with Gasteiger partial charge in [0, 0.05) is 50.2 Å². The largest absolute Gasteiger partial charge is 0.459 e. The van der Waals surface area contributed by atoms with Crippen LogP contribution in [0.15, 0.2) is 59.2 Å². The van der Waals surface area contributed by atoms with E-state index < -0.39 is 0 Å². The van der Waals surface area contributed by atoms with Crippen LogP contribution in [-0.2, 0) is 6.42 Å². The Balaban J connectivity index is 1.33. The number of benzene rings is 1. The van der Waals surface area contributed by atoms with E-state index >= 15 is 0 Å². The topological polar surface area (TPSA) is 93.9 Å². The van der Waals surface area contributed by atoms with Gasteiger partial charge in [-0.25, -0.2) is 13.9 Å². The molecule has 1 aliphatic heterocycles. The second kappa shape index (κ2) is 10.7. The van der Waals surface area contributed by atoms with E-state index in [0.29, 0.717) is 59.6 Å². The number of fused-ring (bicyclic) bond motifs is 1. The van der Waals surface area contributed by atoms with Crippen LogP contribution in [0, 0.1) is 24.1 Å². The zero-order valence-electron chi connectivity index (χ0n) is 23.0. The van der Waals surface area contributed by atoms with Gasteiger partial charge in [-0.05, 0) is 61.9 Å². The number of carbonyl (C=O) groups excluding carboxylic acids is 1. The lowest BCUT2D eigenvalue weighted by atomic mass is 10.1. The predicted molar refractivity (Wildman–Crippen MR) is 156 cm³/mol. The van der Waals surface area contributed by atoms with Crippen molar-refractivity contribution in [3.05, 3.63) is 82.6 Å². The van der Waals surface area contributed by atoms with Crippen LogP contribution in [0.25, 0.3) is 16.8 Å². The molecule has 1 amide bonds. The minimum atomic E-state index is -0.338. The molecule has 11 heteroatoms. The fourth-order valence-corrected chi connectivity index (χ4v) is 6.12. The number of anilines is 3. The smallest absolute Gasteiger partial charge is 0.289 e. The Kier molecular flexibility index (Phi) is 6.93. The van der Waals surface area contributed by atoms with Crippen molar-refractivity contribution in [2.45, 2.75) is 20.3 Å². The molecule has 5 aromatic rings. The molecule has 0 radical (unpaired) electrons. The van der Waals surface area contributed by atoms with Crippen LogP contribution in [0.2, 0.25) is 0 Å². The number of halogens is 1. The third-order valence-corrected chi connectivity index (χ3v) is 8.43. The Morgan fingerprint density at radius 2 is 1.93 bits per heavy atom. The average Bonchev–Trinajstić information content (AvgIpc) is 3.76. The van der Waals surface area contributed by atoms with Gasteiger partial charge in [0.2, 0.25) is 0 Å². The average molecular weight is 570 g/mol.